The summed E-state index contributed by atoms with van der Waals surface area (Å²) < 4.78 is 1.67. The quantitative estimate of drug-likeness (QED) is 0.466. The van der Waals surface area contributed by atoms with Gasteiger partial charge in [0.2, 0.25) is 5.91 Å². The second kappa shape index (κ2) is 7.56. The number of rotatable bonds is 7. The van der Waals surface area contributed by atoms with Gasteiger partial charge >= 0.3 is 11.9 Å². The first-order valence-corrected chi connectivity index (χ1v) is 10.7. The summed E-state index contributed by atoms with van der Waals surface area (Å²) in [5.74, 6) is -2.86. The number of fused-ring (bicyclic) bond motifs is 3. The average Bonchev–Trinajstić information content (AvgIpc) is 3.34. The number of carbonyl (C=O) groups excluding carboxylic acids is 1. The van der Waals surface area contributed by atoms with Crippen molar-refractivity contribution in [3.63, 3.8) is 0 Å². The molecule has 1 fully saturated rings. The van der Waals surface area contributed by atoms with Crippen LogP contribution in [0.5, 0.6) is 0 Å². The van der Waals surface area contributed by atoms with Gasteiger partial charge in [-0.3, -0.25) is 14.4 Å². The number of thiazole rings is 1. The van der Waals surface area contributed by atoms with Crippen molar-refractivity contribution in [1.82, 2.24) is 4.98 Å². The van der Waals surface area contributed by atoms with Crippen LogP contribution in [-0.2, 0) is 14.4 Å². The Kier molecular flexibility index (Phi) is 5.11. The molecule has 0 spiro atoms. The number of carboxylic acids is 2. The first-order valence-electron chi connectivity index (χ1n) is 8.89. The Bertz CT molecular complexity index is 986. The predicted octanol–water partition coefficient (Wildman–Crippen LogP) is 3.32. The van der Waals surface area contributed by atoms with E-state index >= 15 is 0 Å². The van der Waals surface area contributed by atoms with Gasteiger partial charge in [-0.05, 0) is 36.5 Å². The third-order valence-electron chi connectivity index (χ3n) is 5.22. The van der Waals surface area contributed by atoms with Crippen LogP contribution in [0, 0.1) is 23.7 Å². The molecule has 1 aromatic carbocycles. The molecular weight excluding hydrogens is 400 g/mol. The van der Waals surface area contributed by atoms with E-state index in [1.54, 1.807) is 12.1 Å². The van der Waals surface area contributed by atoms with Crippen molar-refractivity contribution < 1.29 is 24.6 Å². The normalized spacial score (nSPS) is 25.3. The summed E-state index contributed by atoms with van der Waals surface area (Å²) in [5, 5.41) is 21.1. The molecule has 1 aromatic heterocycles. The molecule has 1 amide bonds. The zero-order valence-electron chi connectivity index (χ0n) is 14.7. The van der Waals surface area contributed by atoms with Crippen LogP contribution in [-0.4, -0.2) is 38.8 Å². The molecule has 0 radical (unpaired) electrons. The van der Waals surface area contributed by atoms with Gasteiger partial charge in [-0.15, -0.1) is 11.3 Å². The van der Waals surface area contributed by atoms with Crippen LogP contribution < -0.4 is 5.32 Å². The molecule has 9 heteroatoms. The van der Waals surface area contributed by atoms with Crippen molar-refractivity contribution in [3.8, 4) is 0 Å². The first-order chi connectivity index (χ1) is 13.4. The zero-order chi connectivity index (χ0) is 19.8. The molecule has 4 atom stereocenters. The minimum atomic E-state index is -0.919. The van der Waals surface area contributed by atoms with Crippen LogP contribution in [0.3, 0.4) is 0 Å². The van der Waals surface area contributed by atoms with Gasteiger partial charge in [0.1, 0.15) is 0 Å². The number of aromatic nitrogens is 1. The molecule has 3 N–H and O–H groups in total. The number of hydrogen-bond acceptors (Lipinski definition) is 6. The molecular formula is C19H18N2O5S2. The minimum absolute atomic E-state index is 0.0181. The monoisotopic (exact) mass is 418 g/mol. The SMILES string of the molecule is O=C(O)CCSc1nc2ccc(NC(=O)[C@H]3[C@@H](C(=O)O)[C@H]4C=C[C@H]3C4)cc2s1. The molecule has 2 aromatic rings. The Hall–Kier alpha value is -2.39. The summed E-state index contributed by atoms with van der Waals surface area (Å²) in [6.45, 7) is 0. The van der Waals surface area contributed by atoms with Gasteiger partial charge in [-0.1, -0.05) is 23.9 Å². The van der Waals surface area contributed by atoms with Crippen molar-refractivity contribution in [3.05, 3.63) is 30.4 Å². The summed E-state index contributed by atoms with van der Waals surface area (Å²) >= 11 is 2.83. The number of nitrogens with zero attached hydrogens (tertiary/aromatic N) is 1. The summed E-state index contributed by atoms with van der Waals surface area (Å²) in [6, 6.07) is 5.38. The van der Waals surface area contributed by atoms with E-state index < -0.39 is 23.8 Å². The summed E-state index contributed by atoms with van der Waals surface area (Å²) in [5.41, 5.74) is 1.39. The van der Waals surface area contributed by atoms with Gasteiger partial charge in [-0.2, -0.15) is 0 Å². The van der Waals surface area contributed by atoms with E-state index in [2.05, 4.69) is 10.3 Å². The third-order valence-corrected chi connectivity index (χ3v) is 7.39. The highest BCUT2D eigenvalue weighted by Crippen LogP contribution is 2.48. The molecule has 146 valence electrons. The molecule has 2 aliphatic carbocycles. The lowest BCUT2D eigenvalue weighted by molar-refractivity contribution is -0.146. The van der Waals surface area contributed by atoms with Crippen LogP contribution >= 0.6 is 23.1 Å². The van der Waals surface area contributed by atoms with E-state index in [1.165, 1.54) is 23.1 Å². The maximum absolute atomic E-state index is 12.8. The fourth-order valence-corrected chi connectivity index (χ4v) is 6.12. The Labute approximate surface area is 168 Å². The topological polar surface area (TPSA) is 117 Å². The molecule has 2 bridgehead atoms. The highest BCUT2D eigenvalue weighted by Gasteiger charge is 2.51. The lowest BCUT2D eigenvalue weighted by Gasteiger charge is -2.23. The van der Waals surface area contributed by atoms with E-state index in [1.807, 2.05) is 18.2 Å². The van der Waals surface area contributed by atoms with Gasteiger partial charge in [0.25, 0.3) is 0 Å². The highest BCUT2D eigenvalue weighted by atomic mass is 32.2. The largest absolute Gasteiger partial charge is 0.481 e. The molecule has 2 aliphatic rings. The van der Waals surface area contributed by atoms with Crippen molar-refractivity contribution in [2.75, 3.05) is 11.1 Å². The Morgan fingerprint density at radius 1 is 1.18 bits per heavy atom. The number of nitrogens with one attached hydrogen (secondary N) is 1. The zero-order valence-corrected chi connectivity index (χ0v) is 16.3. The number of carboxylic acid groups (broad SMARTS) is 2. The third kappa shape index (κ3) is 3.64. The van der Waals surface area contributed by atoms with Crippen LogP contribution in [0.2, 0.25) is 0 Å². The molecule has 0 unspecified atom stereocenters. The van der Waals surface area contributed by atoms with Gasteiger partial charge in [0.05, 0.1) is 28.5 Å². The Morgan fingerprint density at radius 3 is 2.64 bits per heavy atom. The first kappa shape index (κ1) is 18.9. The fraction of sp³-hybridized carbons (Fsp3) is 0.368. The summed E-state index contributed by atoms with van der Waals surface area (Å²) in [4.78, 5) is 39.5. The lowest BCUT2D eigenvalue weighted by atomic mass is 9.82. The van der Waals surface area contributed by atoms with Crippen molar-refractivity contribution in [2.24, 2.45) is 23.7 Å². The predicted molar refractivity (Wildman–Crippen MR) is 107 cm³/mol. The van der Waals surface area contributed by atoms with Crippen LogP contribution in [0.1, 0.15) is 12.8 Å². The number of benzene rings is 1. The van der Waals surface area contributed by atoms with Crippen LogP contribution in [0.25, 0.3) is 10.2 Å². The van der Waals surface area contributed by atoms with E-state index in [9.17, 15) is 19.5 Å². The average molecular weight is 418 g/mol. The molecule has 28 heavy (non-hydrogen) atoms. The van der Waals surface area contributed by atoms with Crippen molar-refractivity contribution >= 4 is 56.8 Å². The number of aliphatic carboxylic acids is 2. The van der Waals surface area contributed by atoms with Crippen LogP contribution in [0.15, 0.2) is 34.7 Å². The van der Waals surface area contributed by atoms with Gasteiger partial charge in [-0.25, -0.2) is 4.98 Å². The van der Waals surface area contributed by atoms with Gasteiger partial charge in [0.15, 0.2) is 4.34 Å². The van der Waals surface area contributed by atoms with E-state index in [4.69, 9.17) is 5.11 Å². The number of amides is 1. The Balaban J connectivity index is 1.47. The van der Waals surface area contributed by atoms with Crippen molar-refractivity contribution in [1.29, 1.82) is 0 Å². The van der Waals surface area contributed by atoms with Gasteiger partial charge < -0.3 is 15.5 Å². The molecule has 4 rings (SSSR count). The lowest BCUT2D eigenvalue weighted by Crippen LogP contribution is -2.36. The maximum Gasteiger partial charge on any atom is 0.307 e. The second-order valence-electron chi connectivity index (χ2n) is 6.98. The molecule has 1 heterocycles. The molecule has 1 saturated carbocycles. The molecule has 0 saturated heterocycles. The number of thioether (sulfide) groups is 1. The number of hydrogen-bond donors (Lipinski definition) is 3. The summed E-state index contributed by atoms with van der Waals surface area (Å²) in [7, 11) is 0. The highest BCUT2D eigenvalue weighted by molar-refractivity contribution is 8.01. The van der Waals surface area contributed by atoms with E-state index in [0.29, 0.717) is 11.4 Å². The smallest absolute Gasteiger partial charge is 0.307 e. The van der Waals surface area contributed by atoms with E-state index in [0.717, 1.165) is 21.0 Å². The number of carbonyl (C=O) groups is 3. The second-order valence-corrected chi connectivity index (χ2v) is 9.35. The van der Waals surface area contributed by atoms with Crippen molar-refractivity contribution in [2.45, 2.75) is 17.2 Å². The minimum Gasteiger partial charge on any atom is -0.481 e. The molecule has 7 nitrogen and oxygen atoms in total. The van der Waals surface area contributed by atoms with Gasteiger partial charge in [0, 0.05) is 11.4 Å². The fourth-order valence-electron chi connectivity index (χ4n) is 4.01. The Morgan fingerprint density at radius 2 is 1.93 bits per heavy atom. The standard InChI is InChI=1S/C19H18N2O5S2/c22-14(23)5-6-27-19-21-12-4-3-11(8-13(12)28-19)20-17(24)15-9-1-2-10(7-9)16(15)18(25)26/h1-4,8-10,15-16H,5-7H2,(H,20,24)(H,22,23)(H,25,26)/t9-,10-,15+,16-/m0/s1. The number of allylic oxidation sites excluding steroid dienone is 2. The maximum atomic E-state index is 12.8. The number of anilines is 1. The van der Waals surface area contributed by atoms with E-state index in [-0.39, 0.29) is 24.2 Å². The summed E-state index contributed by atoms with van der Waals surface area (Å²) in [6.07, 6.45) is 4.67. The van der Waals surface area contributed by atoms with Crippen LogP contribution in [0.4, 0.5) is 5.69 Å². The molecule has 0 aliphatic heterocycles.